The predicted molar refractivity (Wildman–Crippen MR) is 115 cm³/mol. The molecule has 0 amide bonds. The SMILES string of the molecule is CCN(Cc1c[nH]c2ccccc12)c1nc2c(cnn2-c2ccccc2)c(=O)[nH]1. The number of nitrogens with one attached hydrogen (secondary N) is 2. The van der Waals surface area contributed by atoms with Gasteiger partial charge in [0.15, 0.2) is 5.65 Å². The molecule has 7 heteroatoms. The van der Waals surface area contributed by atoms with E-state index in [2.05, 4.69) is 32.1 Å². The molecule has 0 fully saturated rings. The predicted octanol–water partition coefficient (Wildman–Crippen LogP) is 3.62. The third-order valence-corrected chi connectivity index (χ3v) is 5.14. The van der Waals surface area contributed by atoms with E-state index in [0.29, 0.717) is 30.1 Å². The van der Waals surface area contributed by atoms with Crippen LogP contribution in [0, 0.1) is 0 Å². The van der Waals surface area contributed by atoms with Crippen molar-refractivity contribution >= 4 is 27.9 Å². The number of hydrogen-bond acceptors (Lipinski definition) is 4. The van der Waals surface area contributed by atoms with Gasteiger partial charge in [-0.3, -0.25) is 9.78 Å². The number of nitrogens with zero attached hydrogens (tertiary/aromatic N) is 4. The van der Waals surface area contributed by atoms with Gasteiger partial charge in [0.05, 0.1) is 11.9 Å². The van der Waals surface area contributed by atoms with Gasteiger partial charge in [0.2, 0.25) is 5.95 Å². The van der Waals surface area contributed by atoms with Crippen molar-refractivity contribution in [1.29, 1.82) is 0 Å². The number of para-hydroxylation sites is 2. The average Bonchev–Trinajstić information content (AvgIpc) is 3.37. The van der Waals surface area contributed by atoms with Crippen molar-refractivity contribution in [2.75, 3.05) is 11.4 Å². The monoisotopic (exact) mass is 384 g/mol. The molecule has 0 aliphatic carbocycles. The Morgan fingerprint density at radius 2 is 1.83 bits per heavy atom. The van der Waals surface area contributed by atoms with E-state index < -0.39 is 0 Å². The molecule has 2 N–H and O–H groups in total. The minimum absolute atomic E-state index is 0.190. The highest BCUT2D eigenvalue weighted by molar-refractivity contribution is 5.83. The van der Waals surface area contributed by atoms with Crippen LogP contribution in [0.3, 0.4) is 0 Å². The van der Waals surface area contributed by atoms with Crippen molar-refractivity contribution in [3.63, 3.8) is 0 Å². The van der Waals surface area contributed by atoms with Crippen molar-refractivity contribution in [2.45, 2.75) is 13.5 Å². The molecule has 0 atom stereocenters. The maximum absolute atomic E-state index is 12.7. The van der Waals surface area contributed by atoms with Gasteiger partial charge in [0, 0.05) is 30.2 Å². The Hall–Kier alpha value is -3.87. The van der Waals surface area contributed by atoms with Gasteiger partial charge in [0.1, 0.15) is 5.39 Å². The van der Waals surface area contributed by atoms with Gasteiger partial charge in [-0.15, -0.1) is 0 Å². The molecule has 0 unspecified atom stereocenters. The molecule has 29 heavy (non-hydrogen) atoms. The van der Waals surface area contributed by atoms with Crippen molar-refractivity contribution in [2.24, 2.45) is 0 Å². The topological polar surface area (TPSA) is 82.6 Å². The van der Waals surface area contributed by atoms with E-state index in [0.717, 1.165) is 16.8 Å². The Morgan fingerprint density at radius 3 is 2.66 bits per heavy atom. The van der Waals surface area contributed by atoms with Crippen LogP contribution in [0.1, 0.15) is 12.5 Å². The Kier molecular flexibility index (Phi) is 4.13. The number of rotatable bonds is 5. The highest BCUT2D eigenvalue weighted by Crippen LogP contribution is 2.22. The largest absolute Gasteiger partial charge is 0.361 e. The number of H-pyrrole nitrogens is 2. The van der Waals surface area contributed by atoms with Crippen LogP contribution in [-0.2, 0) is 6.54 Å². The maximum Gasteiger partial charge on any atom is 0.263 e. The number of anilines is 1. The summed E-state index contributed by atoms with van der Waals surface area (Å²) in [5, 5.41) is 6.02. The smallest absolute Gasteiger partial charge is 0.263 e. The lowest BCUT2D eigenvalue weighted by Crippen LogP contribution is -2.26. The van der Waals surface area contributed by atoms with Crippen LogP contribution >= 0.6 is 0 Å². The summed E-state index contributed by atoms with van der Waals surface area (Å²) in [4.78, 5) is 25.7. The first-order valence-corrected chi connectivity index (χ1v) is 9.58. The average molecular weight is 384 g/mol. The lowest BCUT2D eigenvalue weighted by Gasteiger charge is -2.21. The van der Waals surface area contributed by atoms with Crippen LogP contribution in [0.25, 0.3) is 27.6 Å². The van der Waals surface area contributed by atoms with Crippen LogP contribution in [0.2, 0.25) is 0 Å². The summed E-state index contributed by atoms with van der Waals surface area (Å²) in [7, 11) is 0. The van der Waals surface area contributed by atoms with E-state index in [1.807, 2.05) is 55.6 Å². The van der Waals surface area contributed by atoms with Gasteiger partial charge < -0.3 is 9.88 Å². The zero-order valence-electron chi connectivity index (χ0n) is 16.0. The third kappa shape index (κ3) is 2.97. The standard InChI is InChI=1S/C22H20N6O/c1-2-27(14-15-12-23-19-11-7-6-10-17(15)19)22-25-20-18(21(29)26-22)13-24-28(20)16-8-4-3-5-9-16/h3-13,23H,2,14H2,1H3,(H,25,26,29). The van der Waals surface area contributed by atoms with E-state index in [9.17, 15) is 4.79 Å². The Morgan fingerprint density at radius 1 is 1.03 bits per heavy atom. The number of fused-ring (bicyclic) bond motifs is 2. The summed E-state index contributed by atoms with van der Waals surface area (Å²) in [5.74, 6) is 0.535. The van der Waals surface area contributed by atoms with E-state index in [1.165, 1.54) is 5.39 Å². The molecule has 144 valence electrons. The summed E-state index contributed by atoms with van der Waals surface area (Å²) in [6.07, 6.45) is 3.58. The van der Waals surface area contributed by atoms with E-state index >= 15 is 0 Å². The van der Waals surface area contributed by atoms with Gasteiger partial charge in [-0.05, 0) is 30.7 Å². The van der Waals surface area contributed by atoms with E-state index in [1.54, 1.807) is 10.9 Å². The van der Waals surface area contributed by atoms with Crippen LogP contribution < -0.4 is 10.5 Å². The van der Waals surface area contributed by atoms with Crippen LogP contribution in [0.4, 0.5) is 5.95 Å². The van der Waals surface area contributed by atoms with Crippen molar-refractivity contribution < 1.29 is 0 Å². The lowest BCUT2D eigenvalue weighted by atomic mass is 10.1. The molecule has 2 aromatic carbocycles. The van der Waals surface area contributed by atoms with Gasteiger partial charge in [-0.25, -0.2) is 4.68 Å². The van der Waals surface area contributed by atoms with Crippen molar-refractivity contribution in [1.82, 2.24) is 24.7 Å². The molecule has 3 heterocycles. The fourth-order valence-electron chi connectivity index (χ4n) is 3.62. The molecule has 7 nitrogen and oxygen atoms in total. The normalized spacial score (nSPS) is 11.3. The Bertz CT molecular complexity index is 1350. The second kappa shape index (κ2) is 6.94. The fraction of sp³-hybridized carbons (Fsp3) is 0.136. The lowest BCUT2D eigenvalue weighted by molar-refractivity contribution is 0.791. The first-order chi connectivity index (χ1) is 14.2. The Balaban J connectivity index is 1.58. The number of hydrogen-bond donors (Lipinski definition) is 2. The molecule has 0 radical (unpaired) electrons. The van der Waals surface area contributed by atoms with Gasteiger partial charge in [0.25, 0.3) is 5.56 Å². The molecule has 0 bridgehead atoms. The molecule has 0 spiro atoms. The quantitative estimate of drug-likeness (QED) is 0.485. The molecular weight excluding hydrogens is 364 g/mol. The summed E-state index contributed by atoms with van der Waals surface area (Å²) < 4.78 is 1.70. The molecule has 0 aliphatic heterocycles. The minimum atomic E-state index is -0.190. The first kappa shape index (κ1) is 17.2. The van der Waals surface area contributed by atoms with Crippen LogP contribution in [0.15, 0.2) is 71.8 Å². The molecule has 5 rings (SSSR count). The summed E-state index contributed by atoms with van der Waals surface area (Å²) in [6, 6.07) is 17.9. The molecule has 0 saturated carbocycles. The highest BCUT2D eigenvalue weighted by Gasteiger charge is 2.16. The third-order valence-electron chi connectivity index (χ3n) is 5.14. The van der Waals surface area contributed by atoms with Gasteiger partial charge in [-0.1, -0.05) is 36.4 Å². The van der Waals surface area contributed by atoms with E-state index in [4.69, 9.17) is 4.98 Å². The zero-order valence-corrected chi connectivity index (χ0v) is 16.0. The molecule has 5 aromatic rings. The number of aromatic amines is 2. The van der Waals surface area contributed by atoms with Crippen LogP contribution in [0.5, 0.6) is 0 Å². The fourth-order valence-corrected chi connectivity index (χ4v) is 3.62. The second-order valence-corrected chi connectivity index (χ2v) is 6.89. The summed E-state index contributed by atoms with van der Waals surface area (Å²) in [6.45, 7) is 3.38. The first-order valence-electron chi connectivity index (χ1n) is 9.58. The maximum atomic E-state index is 12.7. The summed E-state index contributed by atoms with van der Waals surface area (Å²) in [5.41, 5.74) is 3.47. The van der Waals surface area contributed by atoms with Gasteiger partial charge in [-0.2, -0.15) is 10.1 Å². The number of benzene rings is 2. The van der Waals surface area contributed by atoms with Crippen LogP contribution in [-0.4, -0.2) is 31.3 Å². The Labute approximate surface area is 166 Å². The second-order valence-electron chi connectivity index (χ2n) is 6.89. The van der Waals surface area contributed by atoms with E-state index in [-0.39, 0.29) is 5.56 Å². The molecule has 0 aliphatic rings. The molecular formula is C22H20N6O. The number of aromatic nitrogens is 5. The zero-order chi connectivity index (χ0) is 19.8. The highest BCUT2D eigenvalue weighted by atomic mass is 16.1. The molecule has 3 aromatic heterocycles. The summed E-state index contributed by atoms with van der Waals surface area (Å²) >= 11 is 0. The molecule has 0 saturated heterocycles. The van der Waals surface area contributed by atoms with Crippen molar-refractivity contribution in [3.05, 3.63) is 82.9 Å². The minimum Gasteiger partial charge on any atom is -0.361 e. The van der Waals surface area contributed by atoms with Gasteiger partial charge >= 0.3 is 0 Å². The van der Waals surface area contributed by atoms with Crippen molar-refractivity contribution in [3.8, 4) is 5.69 Å².